The van der Waals surface area contributed by atoms with E-state index < -0.39 is 6.10 Å². The lowest BCUT2D eigenvalue weighted by Crippen LogP contribution is -2.47. The second-order valence-electron chi connectivity index (χ2n) is 6.13. The zero-order valence-corrected chi connectivity index (χ0v) is 13.2. The van der Waals surface area contributed by atoms with E-state index in [0.29, 0.717) is 6.54 Å². The number of aliphatic hydroxyl groups is 1. The van der Waals surface area contributed by atoms with Gasteiger partial charge in [-0.3, -0.25) is 9.80 Å². The SMILES string of the molecule is OC(CN1CCN(Cc2ccc(F)cc2)CC1)c1ccccc1. The summed E-state index contributed by atoms with van der Waals surface area (Å²) in [5.74, 6) is -0.187. The number of β-amino-alcohol motifs (C(OH)–C–C–N with tert-alkyl or cyclic N) is 1. The van der Waals surface area contributed by atoms with Gasteiger partial charge in [0, 0.05) is 39.3 Å². The first-order valence-electron chi connectivity index (χ1n) is 8.13. The molecule has 1 fully saturated rings. The Morgan fingerprint density at radius 1 is 0.870 bits per heavy atom. The molecule has 23 heavy (non-hydrogen) atoms. The third-order valence-corrected chi connectivity index (χ3v) is 4.40. The van der Waals surface area contributed by atoms with Crippen LogP contribution in [-0.4, -0.2) is 47.6 Å². The summed E-state index contributed by atoms with van der Waals surface area (Å²) >= 11 is 0. The van der Waals surface area contributed by atoms with Gasteiger partial charge in [0.05, 0.1) is 6.10 Å². The number of piperazine rings is 1. The first kappa shape index (κ1) is 16.1. The van der Waals surface area contributed by atoms with E-state index in [-0.39, 0.29) is 5.82 Å². The maximum atomic E-state index is 12.9. The summed E-state index contributed by atoms with van der Waals surface area (Å²) in [6.45, 7) is 5.37. The summed E-state index contributed by atoms with van der Waals surface area (Å²) in [7, 11) is 0. The predicted molar refractivity (Wildman–Crippen MR) is 89.5 cm³/mol. The Kier molecular flexibility index (Phi) is 5.39. The maximum Gasteiger partial charge on any atom is 0.123 e. The molecule has 1 aliphatic heterocycles. The fourth-order valence-corrected chi connectivity index (χ4v) is 3.00. The van der Waals surface area contributed by atoms with E-state index in [2.05, 4.69) is 9.80 Å². The summed E-state index contributed by atoms with van der Waals surface area (Å²) in [5.41, 5.74) is 2.12. The monoisotopic (exact) mass is 314 g/mol. The third-order valence-electron chi connectivity index (χ3n) is 4.40. The molecule has 1 atom stereocenters. The van der Waals surface area contributed by atoms with Crippen molar-refractivity contribution in [2.24, 2.45) is 0 Å². The minimum Gasteiger partial charge on any atom is -0.387 e. The summed E-state index contributed by atoms with van der Waals surface area (Å²) < 4.78 is 12.9. The molecule has 0 bridgehead atoms. The van der Waals surface area contributed by atoms with E-state index in [9.17, 15) is 9.50 Å². The van der Waals surface area contributed by atoms with Gasteiger partial charge in [0.2, 0.25) is 0 Å². The molecule has 1 N–H and O–H groups in total. The Balaban J connectivity index is 1.46. The van der Waals surface area contributed by atoms with Crippen molar-refractivity contribution in [1.29, 1.82) is 0 Å². The molecular formula is C19H23FN2O. The molecule has 0 aliphatic carbocycles. The molecule has 3 rings (SSSR count). The zero-order chi connectivity index (χ0) is 16.1. The molecule has 0 radical (unpaired) electrons. The predicted octanol–water partition coefficient (Wildman–Crippen LogP) is 2.68. The van der Waals surface area contributed by atoms with Crippen molar-refractivity contribution >= 4 is 0 Å². The highest BCUT2D eigenvalue weighted by Crippen LogP contribution is 2.16. The minimum atomic E-state index is -0.431. The van der Waals surface area contributed by atoms with Crippen LogP contribution >= 0.6 is 0 Å². The van der Waals surface area contributed by atoms with Crippen LogP contribution in [0.25, 0.3) is 0 Å². The molecule has 3 nitrogen and oxygen atoms in total. The second kappa shape index (κ2) is 7.68. The number of rotatable bonds is 5. The van der Waals surface area contributed by atoms with Gasteiger partial charge in [0.15, 0.2) is 0 Å². The topological polar surface area (TPSA) is 26.7 Å². The van der Waals surface area contributed by atoms with Gasteiger partial charge in [0.1, 0.15) is 5.82 Å². The second-order valence-corrected chi connectivity index (χ2v) is 6.13. The molecule has 1 heterocycles. The molecule has 122 valence electrons. The first-order valence-corrected chi connectivity index (χ1v) is 8.13. The van der Waals surface area contributed by atoms with Crippen LogP contribution in [0.2, 0.25) is 0 Å². The molecule has 0 aromatic heterocycles. The van der Waals surface area contributed by atoms with Crippen LogP contribution < -0.4 is 0 Å². The molecule has 0 amide bonds. The van der Waals surface area contributed by atoms with Crippen molar-refractivity contribution in [3.8, 4) is 0 Å². The fraction of sp³-hybridized carbons (Fsp3) is 0.368. The van der Waals surface area contributed by atoms with Crippen molar-refractivity contribution in [1.82, 2.24) is 9.80 Å². The van der Waals surface area contributed by atoms with Crippen molar-refractivity contribution in [2.75, 3.05) is 32.7 Å². The highest BCUT2D eigenvalue weighted by atomic mass is 19.1. The lowest BCUT2D eigenvalue weighted by Gasteiger charge is -2.35. The van der Waals surface area contributed by atoms with Crippen molar-refractivity contribution in [2.45, 2.75) is 12.6 Å². The molecule has 2 aromatic rings. The van der Waals surface area contributed by atoms with Gasteiger partial charge in [-0.1, -0.05) is 42.5 Å². The number of hydrogen-bond donors (Lipinski definition) is 1. The molecule has 1 unspecified atom stereocenters. The van der Waals surface area contributed by atoms with E-state index in [1.807, 2.05) is 42.5 Å². The van der Waals surface area contributed by atoms with Gasteiger partial charge >= 0.3 is 0 Å². The summed E-state index contributed by atoms with van der Waals surface area (Å²) in [4.78, 5) is 4.68. The lowest BCUT2D eigenvalue weighted by atomic mass is 10.1. The van der Waals surface area contributed by atoms with Gasteiger partial charge in [0.25, 0.3) is 0 Å². The Morgan fingerprint density at radius 2 is 1.48 bits per heavy atom. The number of halogens is 1. The maximum absolute atomic E-state index is 12.9. The molecule has 4 heteroatoms. The van der Waals surface area contributed by atoms with Crippen molar-refractivity contribution in [3.63, 3.8) is 0 Å². The van der Waals surface area contributed by atoms with Crippen LogP contribution in [0.15, 0.2) is 54.6 Å². The van der Waals surface area contributed by atoms with Crippen molar-refractivity contribution in [3.05, 3.63) is 71.5 Å². The normalized spacial score (nSPS) is 18.0. The molecule has 1 saturated heterocycles. The van der Waals surface area contributed by atoms with E-state index in [1.54, 1.807) is 0 Å². The number of benzene rings is 2. The molecular weight excluding hydrogens is 291 g/mol. The van der Waals surface area contributed by atoms with Crippen LogP contribution in [0.3, 0.4) is 0 Å². The highest BCUT2D eigenvalue weighted by Gasteiger charge is 2.19. The molecule has 1 aliphatic rings. The van der Waals surface area contributed by atoms with Crippen LogP contribution in [0, 0.1) is 5.82 Å². The van der Waals surface area contributed by atoms with Crippen LogP contribution in [0.1, 0.15) is 17.2 Å². The van der Waals surface area contributed by atoms with Gasteiger partial charge in [-0.15, -0.1) is 0 Å². The number of hydrogen-bond acceptors (Lipinski definition) is 3. The quantitative estimate of drug-likeness (QED) is 0.919. The Labute approximate surface area is 137 Å². The van der Waals surface area contributed by atoms with Crippen LogP contribution in [-0.2, 0) is 6.54 Å². The Hall–Kier alpha value is -1.75. The van der Waals surface area contributed by atoms with E-state index in [0.717, 1.165) is 43.9 Å². The van der Waals surface area contributed by atoms with Gasteiger partial charge in [-0.05, 0) is 23.3 Å². The number of nitrogens with zero attached hydrogens (tertiary/aromatic N) is 2. The Morgan fingerprint density at radius 3 is 2.13 bits per heavy atom. The average molecular weight is 314 g/mol. The van der Waals surface area contributed by atoms with Gasteiger partial charge in [-0.2, -0.15) is 0 Å². The zero-order valence-electron chi connectivity index (χ0n) is 13.2. The summed E-state index contributed by atoms with van der Waals surface area (Å²) in [6.07, 6.45) is -0.431. The fourth-order valence-electron chi connectivity index (χ4n) is 3.00. The summed E-state index contributed by atoms with van der Waals surface area (Å²) in [6, 6.07) is 16.5. The van der Waals surface area contributed by atoms with Gasteiger partial charge < -0.3 is 5.11 Å². The van der Waals surface area contributed by atoms with Crippen LogP contribution in [0.4, 0.5) is 4.39 Å². The Bertz CT molecular complexity index is 595. The van der Waals surface area contributed by atoms with Crippen LogP contribution in [0.5, 0.6) is 0 Å². The number of aliphatic hydroxyl groups excluding tert-OH is 1. The van der Waals surface area contributed by atoms with E-state index >= 15 is 0 Å². The molecule has 0 spiro atoms. The average Bonchev–Trinajstić information content (AvgIpc) is 2.59. The minimum absolute atomic E-state index is 0.187. The molecule has 0 saturated carbocycles. The summed E-state index contributed by atoms with van der Waals surface area (Å²) in [5, 5.41) is 10.3. The van der Waals surface area contributed by atoms with Gasteiger partial charge in [-0.25, -0.2) is 4.39 Å². The van der Waals surface area contributed by atoms with E-state index in [4.69, 9.17) is 0 Å². The molecule has 2 aromatic carbocycles. The largest absolute Gasteiger partial charge is 0.387 e. The lowest BCUT2D eigenvalue weighted by molar-refractivity contribution is 0.0701. The standard InChI is InChI=1S/C19H23FN2O/c20-18-8-6-16(7-9-18)14-21-10-12-22(13-11-21)15-19(23)17-4-2-1-3-5-17/h1-9,19,23H,10-15H2. The highest BCUT2D eigenvalue weighted by molar-refractivity contribution is 5.18. The smallest absolute Gasteiger partial charge is 0.123 e. The first-order chi connectivity index (χ1) is 11.2. The van der Waals surface area contributed by atoms with E-state index in [1.165, 1.54) is 12.1 Å². The van der Waals surface area contributed by atoms with Crippen molar-refractivity contribution < 1.29 is 9.50 Å². The third kappa shape index (κ3) is 4.61.